The predicted octanol–water partition coefficient (Wildman–Crippen LogP) is 2.79. The molecular formula is C24H26O9. The van der Waals surface area contributed by atoms with E-state index in [1.54, 1.807) is 32.0 Å². The number of benzene rings is 2. The van der Waals surface area contributed by atoms with Crippen molar-refractivity contribution in [2.45, 2.75) is 45.9 Å². The Bertz CT molecular complexity index is 1070. The van der Waals surface area contributed by atoms with Crippen molar-refractivity contribution >= 4 is 11.9 Å². The molecule has 0 spiro atoms. The molecule has 4 rings (SSSR count). The van der Waals surface area contributed by atoms with Gasteiger partial charge in [-0.25, -0.2) is 4.79 Å². The molecule has 0 unspecified atom stereocenters. The summed E-state index contributed by atoms with van der Waals surface area (Å²) in [4.78, 5) is 24.4. The first-order chi connectivity index (χ1) is 15.7. The van der Waals surface area contributed by atoms with Gasteiger partial charge in [-0.15, -0.1) is 0 Å². The minimum atomic E-state index is -2.06. The third kappa shape index (κ3) is 4.60. The molecule has 2 aliphatic rings. The number of fused-ring (bicyclic) bond motifs is 1. The maximum atomic E-state index is 12.6. The molecule has 0 aromatic heterocycles. The highest BCUT2D eigenvalue weighted by atomic mass is 16.7. The highest BCUT2D eigenvalue weighted by Crippen LogP contribution is 2.50. The van der Waals surface area contributed by atoms with E-state index in [9.17, 15) is 19.8 Å². The highest BCUT2D eigenvalue weighted by molar-refractivity contribution is 5.94. The fourth-order valence-corrected chi connectivity index (χ4v) is 3.72. The van der Waals surface area contributed by atoms with E-state index >= 15 is 0 Å². The second-order valence-corrected chi connectivity index (χ2v) is 8.39. The highest BCUT2D eigenvalue weighted by Gasteiger charge is 2.53. The largest absolute Gasteiger partial charge is 0.490 e. The molecule has 0 amide bonds. The monoisotopic (exact) mass is 458 g/mol. The molecule has 1 aliphatic carbocycles. The van der Waals surface area contributed by atoms with E-state index in [2.05, 4.69) is 0 Å². The van der Waals surface area contributed by atoms with Crippen molar-refractivity contribution < 1.29 is 43.5 Å². The summed E-state index contributed by atoms with van der Waals surface area (Å²) in [7, 11) is 1.40. The van der Waals surface area contributed by atoms with Gasteiger partial charge in [0.2, 0.25) is 5.75 Å². The SMILES string of the molecule is COc1c(OC(O)O)ccc(-c2ccc3c(c2)COC3=O)c1OCC1(C(=O)OC(C)C)CC1. The zero-order chi connectivity index (χ0) is 23.8. The average molecular weight is 458 g/mol. The molecule has 1 aliphatic heterocycles. The van der Waals surface area contributed by atoms with Crippen molar-refractivity contribution in [1.82, 2.24) is 0 Å². The number of hydrogen-bond acceptors (Lipinski definition) is 9. The summed E-state index contributed by atoms with van der Waals surface area (Å²) < 4.78 is 27.2. The van der Waals surface area contributed by atoms with Gasteiger partial charge in [-0.2, -0.15) is 0 Å². The third-order valence-electron chi connectivity index (χ3n) is 5.63. The second kappa shape index (κ2) is 8.92. The number of hydrogen-bond donors (Lipinski definition) is 2. The second-order valence-electron chi connectivity index (χ2n) is 8.39. The molecule has 0 saturated heterocycles. The number of methoxy groups -OCH3 is 1. The van der Waals surface area contributed by atoms with Crippen LogP contribution in [0.5, 0.6) is 17.2 Å². The van der Waals surface area contributed by atoms with Gasteiger partial charge in [-0.1, -0.05) is 6.07 Å². The van der Waals surface area contributed by atoms with Crippen molar-refractivity contribution in [1.29, 1.82) is 0 Å². The zero-order valence-corrected chi connectivity index (χ0v) is 18.6. The fraction of sp³-hybridized carbons (Fsp3) is 0.417. The number of aliphatic hydroxyl groups excluding tert-OH is 1. The molecule has 2 aromatic rings. The fourth-order valence-electron chi connectivity index (χ4n) is 3.72. The van der Waals surface area contributed by atoms with Crippen LogP contribution in [0.3, 0.4) is 0 Å². The van der Waals surface area contributed by atoms with Crippen LogP contribution < -0.4 is 14.2 Å². The smallest absolute Gasteiger partial charge is 0.338 e. The minimum absolute atomic E-state index is 0.0551. The van der Waals surface area contributed by atoms with Crippen LogP contribution in [0.4, 0.5) is 0 Å². The van der Waals surface area contributed by atoms with Crippen LogP contribution in [-0.4, -0.2) is 48.4 Å². The quantitative estimate of drug-likeness (QED) is 0.432. The lowest BCUT2D eigenvalue weighted by molar-refractivity contribution is -0.180. The molecule has 0 radical (unpaired) electrons. The van der Waals surface area contributed by atoms with Gasteiger partial charge in [-0.3, -0.25) is 4.79 Å². The lowest BCUT2D eigenvalue weighted by Crippen LogP contribution is -2.28. The predicted molar refractivity (Wildman–Crippen MR) is 115 cm³/mol. The molecule has 9 heteroatoms. The topological polar surface area (TPSA) is 121 Å². The third-order valence-corrected chi connectivity index (χ3v) is 5.63. The van der Waals surface area contributed by atoms with Crippen LogP contribution in [-0.2, 0) is 20.9 Å². The van der Waals surface area contributed by atoms with Crippen LogP contribution in [0.15, 0.2) is 30.3 Å². The maximum Gasteiger partial charge on any atom is 0.338 e. The zero-order valence-electron chi connectivity index (χ0n) is 18.6. The first-order valence-electron chi connectivity index (χ1n) is 10.6. The van der Waals surface area contributed by atoms with Crippen LogP contribution in [0.2, 0.25) is 0 Å². The van der Waals surface area contributed by atoms with Gasteiger partial charge in [0.1, 0.15) is 18.6 Å². The Balaban J connectivity index is 1.71. The van der Waals surface area contributed by atoms with E-state index in [1.807, 2.05) is 6.07 Å². The van der Waals surface area contributed by atoms with Crippen LogP contribution in [0.25, 0.3) is 11.1 Å². The molecular weight excluding hydrogens is 432 g/mol. The van der Waals surface area contributed by atoms with Gasteiger partial charge in [0.05, 0.1) is 18.8 Å². The Morgan fingerprint density at radius 2 is 1.85 bits per heavy atom. The molecule has 0 bridgehead atoms. The Kier molecular flexibility index (Phi) is 6.18. The Morgan fingerprint density at radius 1 is 1.12 bits per heavy atom. The molecule has 33 heavy (non-hydrogen) atoms. The van der Waals surface area contributed by atoms with Crippen LogP contribution in [0.1, 0.15) is 42.6 Å². The van der Waals surface area contributed by atoms with Gasteiger partial charge in [0.15, 0.2) is 11.5 Å². The molecule has 0 atom stereocenters. The summed E-state index contributed by atoms with van der Waals surface area (Å²) in [6, 6.07) is 8.47. The summed E-state index contributed by atoms with van der Waals surface area (Å²) in [5.74, 6) is -0.221. The van der Waals surface area contributed by atoms with Gasteiger partial charge in [0.25, 0.3) is 0 Å². The number of ether oxygens (including phenoxy) is 5. The first-order valence-corrected chi connectivity index (χ1v) is 10.6. The van der Waals surface area contributed by atoms with E-state index in [1.165, 1.54) is 13.2 Å². The Morgan fingerprint density at radius 3 is 2.48 bits per heavy atom. The average Bonchev–Trinajstić information content (AvgIpc) is 3.48. The van der Waals surface area contributed by atoms with Crippen LogP contribution in [0, 0.1) is 5.41 Å². The summed E-state index contributed by atoms with van der Waals surface area (Å²) in [6.07, 6.45) is 1.04. The molecule has 2 aromatic carbocycles. The van der Waals surface area contributed by atoms with Crippen molar-refractivity contribution in [2.24, 2.45) is 5.41 Å². The summed E-state index contributed by atoms with van der Waals surface area (Å²) in [5.41, 5.74) is 1.85. The van der Waals surface area contributed by atoms with E-state index in [0.29, 0.717) is 24.0 Å². The van der Waals surface area contributed by atoms with Crippen molar-refractivity contribution in [3.8, 4) is 28.4 Å². The van der Waals surface area contributed by atoms with Crippen molar-refractivity contribution in [3.05, 3.63) is 41.5 Å². The van der Waals surface area contributed by atoms with Gasteiger partial charge < -0.3 is 33.9 Å². The number of cyclic esters (lactones) is 1. The number of esters is 2. The van der Waals surface area contributed by atoms with E-state index < -0.39 is 11.9 Å². The summed E-state index contributed by atoms with van der Waals surface area (Å²) >= 11 is 0. The van der Waals surface area contributed by atoms with E-state index in [-0.39, 0.29) is 48.5 Å². The molecule has 176 valence electrons. The number of carbonyl (C=O) groups excluding carboxylic acids is 2. The van der Waals surface area contributed by atoms with Crippen LogP contribution >= 0.6 is 0 Å². The van der Waals surface area contributed by atoms with Gasteiger partial charge in [0, 0.05) is 11.1 Å². The first kappa shape index (κ1) is 22.9. The number of carbonyl (C=O) groups is 2. The van der Waals surface area contributed by atoms with E-state index in [4.69, 9.17) is 23.7 Å². The summed E-state index contributed by atoms with van der Waals surface area (Å²) in [5, 5.41) is 18.6. The van der Waals surface area contributed by atoms with Gasteiger partial charge >= 0.3 is 18.4 Å². The Labute approximate surface area is 190 Å². The minimum Gasteiger partial charge on any atom is -0.490 e. The number of aliphatic hydroxyl groups is 2. The molecule has 9 nitrogen and oxygen atoms in total. The molecule has 1 heterocycles. The van der Waals surface area contributed by atoms with Crippen molar-refractivity contribution in [2.75, 3.05) is 13.7 Å². The van der Waals surface area contributed by atoms with E-state index in [0.717, 1.165) is 11.1 Å². The summed E-state index contributed by atoms with van der Waals surface area (Å²) in [6.45, 7) is 1.76. The number of rotatable bonds is 9. The molecule has 2 N–H and O–H groups in total. The molecule has 1 fully saturated rings. The van der Waals surface area contributed by atoms with Gasteiger partial charge in [-0.05, 0) is 56.5 Å². The lowest BCUT2D eigenvalue weighted by Gasteiger charge is -2.22. The maximum absolute atomic E-state index is 12.6. The molecule has 1 saturated carbocycles. The Hall–Kier alpha value is -3.30. The van der Waals surface area contributed by atoms with Crippen molar-refractivity contribution in [3.63, 3.8) is 0 Å². The normalized spacial score (nSPS) is 15.8. The standard InChI is InChI=1S/C24H26O9/c1-13(2)32-22(26)24(8-9-24)12-31-19-16(6-7-18(20(19)29-3)33-23(27)28)14-4-5-17-15(10-14)11-30-21(17)25/h4-7,10,13,23,27-28H,8-9,11-12H2,1-3H3. The lowest BCUT2D eigenvalue weighted by atomic mass is 9.99.